The molecular weight excluding hydrogens is 670 g/mol. The number of aliphatic hydroxyl groups excluding tert-OH is 2. The summed E-state index contributed by atoms with van der Waals surface area (Å²) in [6.07, 6.45) is 15.9. The Kier molecular flexibility index (Phi) is 18.1. The van der Waals surface area contributed by atoms with E-state index in [1.54, 1.807) is 25.0 Å². The number of amides is 3. The van der Waals surface area contributed by atoms with Crippen molar-refractivity contribution in [2.24, 2.45) is 11.8 Å². The van der Waals surface area contributed by atoms with E-state index < -0.39 is 54.7 Å². The normalized spacial score (nSPS) is 16.9. The number of likely N-dealkylation sites (N-methyl/N-ethyl adjacent to an activating group) is 2. The summed E-state index contributed by atoms with van der Waals surface area (Å²) in [5, 5.41) is 29.9. The molecule has 1 fully saturated rings. The molecule has 0 saturated heterocycles. The van der Waals surface area contributed by atoms with Gasteiger partial charge in [0.15, 0.2) is 0 Å². The van der Waals surface area contributed by atoms with Crippen LogP contribution >= 0.6 is 11.3 Å². The van der Waals surface area contributed by atoms with Crippen molar-refractivity contribution in [2.75, 3.05) is 34.0 Å². The molecule has 2 aromatic rings. The number of alkyl halides is 1. The lowest BCUT2D eigenvalue weighted by Gasteiger charge is -2.34. The summed E-state index contributed by atoms with van der Waals surface area (Å²) < 4.78 is 13.0. The monoisotopic (exact) mass is 723 g/mol. The molecule has 4 N–H and O–H groups in total. The van der Waals surface area contributed by atoms with Crippen LogP contribution in [0.2, 0.25) is 0 Å². The highest BCUT2D eigenvalue weighted by molar-refractivity contribution is 7.07. The van der Waals surface area contributed by atoms with Gasteiger partial charge in [-0.15, -0.1) is 30.1 Å². The predicted molar refractivity (Wildman–Crippen MR) is 198 cm³/mol. The van der Waals surface area contributed by atoms with E-state index in [-0.39, 0.29) is 37.6 Å². The molecule has 10 nitrogen and oxygen atoms in total. The summed E-state index contributed by atoms with van der Waals surface area (Å²) in [7, 11) is 3.22. The number of nitrogens with one attached hydrogen (secondary N) is 2. The van der Waals surface area contributed by atoms with Gasteiger partial charge in [-0.2, -0.15) is 0 Å². The third-order valence-corrected chi connectivity index (χ3v) is 10.3. The lowest BCUT2D eigenvalue weighted by Crippen LogP contribution is -2.57. The molecule has 6 atom stereocenters. The van der Waals surface area contributed by atoms with Crippen LogP contribution in [0.4, 0.5) is 4.39 Å². The number of hydrogen-bond donors (Lipinski definition) is 4. The van der Waals surface area contributed by atoms with Crippen LogP contribution < -0.4 is 10.6 Å². The molecule has 1 aliphatic rings. The van der Waals surface area contributed by atoms with Crippen LogP contribution in [0.3, 0.4) is 0 Å². The number of halogens is 1. The van der Waals surface area contributed by atoms with Gasteiger partial charge in [-0.25, -0.2) is 9.37 Å². The van der Waals surface area contributed by atoms with E-state index in [1.165, 1.54) is 21.1 Å². The van der Waals surface area contributed by atoms with Crippen LogP contribution in [0.1, 0.15) is 81.4 Å². The number of carbonyl (C=O) groups excluding carboxylic acids is 3. The third kappa shape index (κ3) is 13.7. The number of aromatic nitrogens is 1. The number of carbonyl (C=O) groups is 3. The number of unbranched alkanes of at least 4 members (excludes halogenated alkanes) is 1. The first-order valence-corrected chi connectivity index (χ1v) is 18.8. The van der Waals surface area contributed by atoms with Crippen LogP contribution in [0.5, 0.6) is 0 Å². The zero-order chi connectivity index (χ0) is 37.2. The van der Waals surface area contributed by atoms with E-state index in [0.29, 0.717) is 31.5 Å². The van der Waals surface area contributed by atoms with Crippen LogP contribution in [0, 0.1) is 36.5 Å². The van der Waals surface area contributed by atoms with Gasteiger partial charge in [0, 0.05) is 38.4 Å². The Morgan fingerprint density at radius 1 is 1.06 bits per heavy atom. The first kappa shape index (κ1) is 41.6. The van der Waals surface area contributed by atoms with Gasteiger partial charge >= 0.3 is 0 Å². The minimum atomic E-state index is -1.30. The summed E-state index contributed by atoms with van der Waals surface area (Å²) in [6, 6.07) is 7.16. The largest absolute Gasteiger partial charge is 0.390 e. The van der Waals surface area contributed by atoms with Gasteiger partial charge < -0.3 is 25.7 Å². The molecule has 1 aromatic heterocycles. The van der Waals surface area contributed by atoms with Crippen molar-refractivity contribution in [3.8, 4) is 24.7 Å². The van der Waals surface area contributed by atoms with Crippen molar-refractivity contribution in [1.29, 1.82) is 0 Å². The molecule has 1 heterocycles. The van der Waals surface area contributed by atoms with Crippen molar-refractivity contribution < 1.29 is 29.0 Å². The highest BCUT2D eigenvalue weighted by Crippen LogP contribution is 2.29. The summed E-state index contributed by atoms with van der Waals surface area (Å²) in [5.74, 6) is 2.13. The smallest absolute Gasteiger partial charge is 0.244 e. The Labute approximate surface area is 306 Å². The van der Waals surface area contributed by atoms with E-state index >= 15 is 0 Å². The van der Waals surface area contributed by atoms with Gasteiger partial charge in [-0.1, -0.05) is 68.4 Å². The number of hydrogen-bond acceptors (Lipinski definition) is 8. The van der Waals surface area contributed by atoms with Gasteiger partial charge in [0.2, 0.25) is 17.7 Å². The zero-order valence-electron chi connectivity index (χ0n) is 29.9. The minimum absolute atomic E-state index is 0.158. The van der Waals surface area contributed by atoms with Gasteiger partial charge in [0.25, 0.3) is 0 Å². The maximum Gasteiger partial charge on any atom is 0.244 e. The minimum Gasteiger partial charge on any atom is -0.390 e. The first-order chi connectivity index (χ1) is 24.6. The first-order valence-electron chi connectivity index (χ1n) is 17.8. The van der Waals surface area contributed by atoms with E-state index in [1.807, 2.05) is 30.3 Å². The van der Waals surface area contributed by atoms with Crippen molar-refractivity contribution in [3.63, 3.8) is 0 Å². The molecule has 0 radical (unpaired) electrons. The molecule has 0 spiro atoms. The maximum atomic E-state index is 14.3. The number of aliphatic hydroxyl groups is 2. The number of terminal acetylenes is 2. The fourth-order valence-electron chi connectivity index (χ4n) is 6.52. The summed E-state index contributed by atoms with van der Waals surface area (Å²) >= 11 is 1.30. The van der Waals surface area contributed by atoms with E-state index in [9.17, 15) is 29.0 Å². The quantitative estimate of drug-likeness (QED) is 0.0873. The number of thiazole rings is 1. The fourth-order valence-corrected chi connectivity index (χ4v) is 7.11. The second kappa shape index (κ2) is 22.2. The van der Waals surface area contributed by atoms with Crippen LogP contribution in [0.15, 0.2) is 41.2 Å². The molecule has 278 valence electrons. The van der Waals surface area contributed by atoms with Crippen LogP contribution in [-0.4, -0.2) is 101 Å². The van der Waals surface area contributed by atoms with E-state index in [2.05, 4.69) is 27.5 Å². The van der Waals surface area contributed by atoms with Crippen molar-refractivity contribution >= 4 is 29.1 Å². The van der Waals surface area contributed by atoms with Gasteiger partial charge in [-0.3, -0.25) is 19.3 Å². The molecule has 1 aromatic carbocycles. The molecular formula is C39H54FN5O5S. The van der Waals surface area contributed by atoms with Crippen molar-refractivity contribution in [3.05, 3.63) is 52.5 Å². The fraction of sp³-hybridized carbons (Fsp3) is 0.590. The Morgan fingerprint density at radius 3 is 2.41 bits per heavy atom. The van der Waals surface area contributed by atoms with Gasteiger partial charge in [0.1, 0.15) is 12.8 Å². The Morgan fingerprint density at radius 2 is 1.78 bits per heavy atom. The molecule has 51 heavy (non-hydrogen) atoms. The lowest BCUT2D eigenvalue weighted by molar-refractivity contribution is -0.137. The Hall–Kier alpha value is -3.81. The number of benzene rings is 1. The molecule has 3 rings (SSSR count). The number of nitrogens with zero attached hydrogens (tertiary/aromatic N) is 3. The van der Waals surface area contributed by atoms with Crippen LogP contribution in [-0.2, 0) is 20.8 Å². The van der Waals surface area contributed by atoms with Crippen molar-refractivity contribution in [2.45, 2.75) is 101 Å². The van der Waals surface area contributed by atoms with Gasteiger partial charge in [0.05, 0.1) is 41.3 Å². The third-order valence-electron chi connectivity index (χ3n) is 9.69. The topological polar surface area (TPSA) is 135 Å². The lowest BCUT2D eigenvalue weighted by atomic mass is 9.82. The molecule has 3 amide bonds. The number of rotatable bonds is 21. The molecule has 0 aliphatic heterocycles. The highest BCUT2D eigenvalue weighted by atomic mass is 32.1. The molecule has 1 aliphatic carbocycles. The zero-order valence-corrected chi connectivity index (χ0v) is 30.7. The summed E-state index contributed by atoms with van der Waals surface area (Å²) in [5.41, 5.74) is 2.84. The van der Waals surface area contributed by atoms with Gasteiger partial charge in [-0.05, 0) is 44.2 Å². The second-order valence-electron chi connectivity index (χ2n) is 13.7. The SMILES string of the molecule is C#CCCCC(O)C(O)C(CC1CCCCC1)NC(=O)C(NC(=O)C(CC(=O)N(C)CCN(C)CF)Cc1ccccc1)C(C#C)c1cscn1. The second-order valence-corrected chi connectivity index (χ2v) is 14.4. The van der Waals surface area contributed by atoms with E-state index in [0.717, 1.165) is 37.7 Å². The molecule has 12 heteroatoms. The molecule has 1 saturated carbocycles. The van der Waals surface area contributed by atoms with Crippen molar-refractivity contribution in [1.82, 2.24) is 25.4 Å². The summed E-state index contributed by atoms with van der Waals surface area (Å²) in [4.78, 5) is 49.1. The standard InChI is InChI=1S/C39H54FN5O5S/c1-5-7-10-19-34(46)37(48)32(23-29-17-13-9-14-18-29)42-39(50)36(31(6-2)33-25-51-27-41-33)43-38(49)30(22-28-15-11-8-12-16-28)24-35(47)45(4)21-20-44(3)26-40/h1-2,8,11-12,15-16,25,27,29-32,34,36-37,46,48H,7,9-10,13-14,17-24,26H2,3-4H3,(H,42,50)(H,43,49). The van der Waals surface area contributed by atoms with E-state index in [4.69, 9.17) is 12.8 Å². The predicted octanol–water partition coefficient (Wildman–Crippen LogP) is 3.89. The maximum absolute atomic E-state index is 14.3. The highest BCUT2D eigenvalue weighted by Gasteiger charge is 2.38. The molecule has 0 bridgehead atoms. The average molecular weight is 724 g/mol. The Bertz CT molecular complexity index is 1430. The average Bonchev–Trinajstić information content (AvgIpc) is 3.68. The molecule has 6 unspecified atom stereocenters. The Balaban J connectivity index is 1.90. The van der Waals surface area contributed by atoms with Crippen LogP contribution in [0.25, 0.3) is 0 Å². The summed E-state index contributed by atoms with van der Waals surface area (Å²) in [6.45, 7) is -0.0596.